The normalized spacial score (nSPS) is 15.1. The fraction of sp³-hybridized carbons (Fsp3) is 0.312. The Kier molecular flexibility index (Phi) is 10.4. The Bertz CT molecular complexity index is 1570. The fourth-order valence-electron chi connectivity index (χ4n) is 5.11. The number of benzene rings is 3. The summed E-state index contributed by atoms with van der Waals surface area (Å²) in [5, 5.41) is 10.7. The average molecular weight is 641 g/mol. The van der Waals surface area contributed by atoms with Gasteiger partial charge in [0.15, 0.2) is 5.16 Å². The summed E-state index contributed by atoms with van der Waals surface area (Å²) in [4.78, 5) is 29.4. The number of unbranched alkanes of at least 4 members (excludes halogenated alkanes) is 1. The molecule has 1 aromatic heterocycles. The number of amides is 2. The van der Waals surface area contributed by atoms with Gasteiger partial charge in [-0.15, -0.1) is 10.2 Å². The van der Waals surface area contributed by atoms with Crippen molar-refractivity contribution >= 4 is 46.8 Å². The number of carbonyl (C=O) groups excluding carboxylic acids is 2. The van der Waals surface area contributed by atoms with Gasteiger partial charge in [-0.2, -0.15) is 0 Å². The molecule has 1 saturated heterocycles. The molecule has 11 heteroatoms. The number of hydrogen-bond acceptors (Lipinski definition) is 5. The molecule has 224 valence electrons. The molecule has 1 atom stereocenters. The maximum Gasteiger partial charge on any atom is 0.254 e. The van der Waals surface area contributed by atoms with Crippen LogP contribution in [0.25, 0.3) is 5.69 Å². The van der Waals surface area contributed by atoms with E-state index in [0.29, 0.717) is 48.1 Å². The first kappa shape index (κ1) is 31.0. The van der Waals surface area contributed by atoms with Crippen LogP contribution in [0.5, 0.6) is 0 Å². The Morgan fingerprint density at radius 2 is 1.72 bits per heavy atom. The van der Waals surface area contributed by atoms with Crippen LogP contribution in [0.1, 0.15) is 47.9 Å². The van der Waals surface area contributed by atoms with E-state index in [9.17, 15) is 14.0 Å². The number of thioether (sulfide) groups is 1. The monoisotopic (exact) mass is 639 g/mol. The molecule has 2 amide bonds. The van der Waals surface area contributed by atoms with Gasteiger partial charge in [0.2, 0.25) is 5.91 Å². The molecule has 5 rings (SSSR count). The van der Waals surface area contributed by atoms with Gasteiger partial charge < -0.3 is 9.80 Å². The minimum Gasteiger partial charge on any atom is -0.339 e. The molecule has 43 heavy (non-hydrogen) atoms. The second kappa shape index (κ2) is 14.4. The molecular weight excluding hydrogens is 608 g/mol. The van der Waals surface area contributed by atoms with Gasteiger partial charge in [0, 0.05) is 49.8 Å². The third kappa shape index (κ3) is 7.77. The summed E-state index contributed by atoms with van der Waals surface area (Å²) in [5.41, 5.74) is 2.42. The summed E-state index contributed by atoms with van der Waals surface area (Å²) >= 11 is 14.1. The Labute approximate surface area is 265 Å². The lowest BCUT2D eigenvalue weighted by Gasteiger charge is -2.40. The van der Waals surface area contributed by atoms with Crippen LogP contribution in [-0.2, 0) is 11.2 Å². The van der Waals surface area contributed by atoms with Crippen molar-refractivity contribution in [2.24, 2.45) is 0 Å². The molecule has 0 saturated carbocycles. The molecule has 7 nitrogen and oxygen atoms in total. The first-order valence-corrected chi connectivity index (χ1v) is 15.9. The highest BCUT2D eigenvalue weighted by atomic mass is 35.5. The Hall–Kier alpha value is -3.40. The van der Waals surface area contributed by atoms with Crippen molar-refractivity contribution < 1.29 is 14.0 Å². The first-order chi connectivity index (χ1) is 20.8. The summed E-state index contributed by atoms with van der Waals surface area (Å²) in [6.45, 7) is 3.36. The summed E-state index contributed by atoms with van der Waals surface area (Å²) in [6.07, 6.45) is 2.63. The standard InChI is InChI=1S/C32H32Cl2FN5O2S/c1-22-21-38(16-17-39(22)31(42)24-10-12-25(35)13-11-24)30(41)9-5-6-18-43-32-37-36-29(19-23-7-3-2-4-8-23)40(32)26-14-15-27(33)28(34)20-26/h2-4,7-8,10-15,20,22H,5-6,9,16-19,21H2,1H3. The third-order valence-corrected chi connectivity index (χ3v) is 9.17. The fourth-order valence-corrected chi connectivity index (χ4v) is 6.38. The molecule has 0 N–H and O–H groups in total. The van der Waals surface area contributed by atoms with Gasteiger partial charge in [0.05, 0.1) is 15.7 Å². The van der Waals surface area contributed by atoms with Gasteiger partial charge in [0.25, 0.3) is 5.91 Å². The molecule has 4 aromatic rings. The van der Waals surface area contributed by atoms with Gasteiger partial charge in [-0.05, 0) is 67.8 Å². The quantitative estimate of drug-likeness (QED) is 0.139. The van der Waals surface area contributed by atoms with Gasteiger partial charge in [-0.1, -0.05) is 65.3 Å². The number of carbonyl (C=O) groups is 2. The molecule has 1 unspecified atom stereocenters. The van der Waals surface area contributed by atoms with E-state index in [2.05, 4.69) is 22.3 Å². The van der Waals surface area contributed by atoms with Crippen molar-refractivity contribution in [2.75, 3.05) is 25.4 Å². The molecule has 1 aliphatic rings. The topological polar surface area (TPSA) is 71.3 Å². The lowest BCUT2D eigenvalue weighted by atomic mass is 10.1. The zero-order chi connectivity index (χ0) is 30.3. The van der Waals surface area contributed by atoms with E-state index in [1.54, 1.807) is 22.7 Å². The highest BCUT2D eigenvalue weighted by molar-refractivity contribution is 7.99. The second-order valence-electron chi connectivity index (χ2n) is 10.5. The van der Waals surface area contributed by atoms with E-state index in [0.717, 1.165) is 40.8 Å². The zero-order valence-corrected chi connectivity index (χ0v) is 26.1. The summed E-state index contributed by atoms with van der Waals surface area (Å²) in [7, 11) is 0. The molecule has 1 fully saturated rings. The van der Waals surface area contributed by atoms with E-state index in [1.165, 1.54) is 24.3 Å². The van der Waals surface area contributed by atoms with Gasteiger partial charge in [-0.25, -0.2) is 4.39 Å². The second-order valence-corrected chi connectivity index (χ2v) is 12.4. The first-order valence-electron chi connectivity index (χ1n) is 14.2. The van der Waals surface area contributed by atoms with Crippen LogP contribution in [0.3, 0.4) is 0 Å². The zero-order valence-electron chi connectivity index (χ0n) is 23.8. The predicted molar refractivity (Wildman–Crippen MR) is 169 cm³/mol. The van der Waals surface area contributed by atoms with E-state index in [4.69, 9.17) is 23.2 Å². The highest BCUT2D eigenvalue weighted by Crippen LogP contribution is 2.29. The van der Waals surface area contributed by atoms with Crippen molar-refractivity contribution in [3.8, 4) is 5.69 Å². The number of nitrogens with zero attached hydrogens (tertiary/aromatic N) is 5. The van der Waals surface area contributed by atoms with E-state index in [1.807, 2.05) is 46.7 Å². The minimum atomic E-state index is -0.375. The molecule has 0 aliphatic carbocycles. The Morgan fingerprint density at radius 1 is 0.953 bits per heavy atom. The van der Waals surface area contributed by atoms with Crippen LogP contribution in [0.4, 0.5) is 4.39 Å². The maximum atomic E-state index is 13.2. The Morgan fingerprint density at radius 3 is 2.44 bits per heavy atom. The number of piperazine rings is 1. The summed E-state index contributed by atoms with van der Waals surface area (Å²) in [6, 6.07) is 21.0. The van der Waals surface area contributed by atoms with Gasteiger partial charge in [0.1, 0.15) is 11.6 Å². The van der Waals surface area contributed by atoms with Crippen molar-refractivity contribution in [1.29, 1.82) is 0 Å². The summed E-state index contributed by atoms with van der Waals surface area (Å²) < 4.78 is 15.3. The van der Waals surface area contributed by atoms with Crippen molar-refractivity contribution in [3.05, 3.63) is 106 Å². The molecule has 0 radical (unpaired) electrons. The number of hydrogen-bond donors (Lipinski definition) is 0. The van der Waals surface area contributed by atoms with Gasteiger partial charge >= 0.3 is 0 Å². The number of halogens is 3. The largest absolute Gasteiger partial charge is 0.339 e. The third-order valence-electron chi connectivity index (χ3n) is 7.42. The number of aromatic nitrogens is 3. The molecule has 0 spiro atoms. The van der Waals surface area contributed by atoms with Crippen LogP contribution in [0.15, 0.2) is 78.0 Å². The maximum absolute atomic E-state index is 13.2. The van der Waals surface area contributed by atoms with Crippen molar-refractivity contribution in [2.45, 2.75) is 43.8 Å². The molecule has 2 heterocycles. The number of rotatable bonds is 10. The van der Waals surface area contributed by atoms with Crippen LogP contribution in [0.2, 0.25) is 10.0 Å². The molecule has 3 aromatic carbocycles. The van der Waals surface area contributed by atoms with Crippen molar-refractivity contribution in [1.82, 2.24) is 24.6 Å². The van der Waals surface area contributed by atoms with E-state index < -0.39 is 0 Å². The van der Waals surface area contributed by atoms with Crippen LogP contribution >= 0.6 is 35.0 Å². The predicted octanol–water partition coefficient (Wildman–Crippen LogP) is 6.94. The smallest absolute Gasteiger partial charge is 0.254 e. The molecule has 1 aliphatic heterocycles. The highest BCUT2D eigenvalue weighted by Gasteiger charge is 2.30. The summed E-state index contributed by atoms with van der Waals surface area (Å²) in [5.74, 6) is 1.15. The van der Waals surface area contributed by atoms with Crippen LogP contribution in [-0.4, -0.2) is 67.8 Å². The minimum absolute atomic E-state index is 0.0925. The average Bonchev–Trinajstić information content (AvgIpc) is 3.40. The van der Waals surface area contributed by atoms with Gasteiger partial charge in [-0.3, -0.25) is 14.2 Å². The van der Waals surface area contributed by atoms with Crippen LogP contribution < -0.4 is 0 Å². The lowest BCUT2D eigenvalue weighted by Crippen LogP contribution is -2.55. The van der Waals surface area contributed by atoms with E-state index in [-0.39, 0.29) is 23.7 Å². The lowest BCUT2D eigenvalue weighted by molar-refractivity contribution is -0.133. The molecular formula is C32H32Cl2FN5O2S. The van der Waals surface area contributed by atoms with Crippen LogP contribution in [0, 0.1) is 5.82 Å². The molecule has 0 bridgehead atoms. The van der Waals surface area contributed by atoms with Crippen molar-refractivity contribution in [3.63, 3.8) is 0 Å². The Balaban J connectivity index is 1.13. The SMILES string of the molecule is CC1CN(C(=O)CCCCSc2nnc(Cc3ccccc3)n2-c2ccc(Cl)c(Cl)c2)CCN1C(=O)c1ccc(F)cc1. The van der Waals surface area contributed by atoms with E-state index >= 15 is 0 Å².